The van der Waals surface area contributed by atoms with E-state index in [0.29, 0.717) is 18.4 Å². The average molecular weight is 260 g/mol. The molecule has 0 radical (unpaired) electrons. The van der Waals surface area contributed by atoms with Crippen LogP contribution in [0.2, 0.25) is 0 Å². The molecule has 19 heavy (non-hydrogen) atoms. The summed E-state index contributed by atoms with van der Waals surface area (Å²) in [5, 5.41) is 6.50. The van der Waals surface area contributed by atoms with E-state index >= 15 is 0 Å². The lowest BCUT2D eigenvalue weighted by atomic mass is 9.92. The summed E-state index contributed by atoms with van der Waals surface area (Å²) in [5.74, 6) is 1.72. The van der Waals surface area contributed by atoms with Crippen molar-refractivity contribution in [2.75, 3.05) is 19.7 Å². The molecule has 1 amide bonds. The summed E-state index contributed by atoms with van der Waals surface area (Å²) < 4.78 is 5.67. The number of nitrogens with one attached hydrogen (secondary N) is 2. The molecule has 0 aliphatic carbocycles. The molecule has 2 aliphatic heterocycles. The van der Waals surface area contributed by atoms with Crippen LogP contribution in [0.5, 0.6) is 5.75 Å². The second kappa shape index (κ2) is 5.61. The van der Waals surface area contributed by atoms with Crippen LogP contribution in [-0.4, -0.2) is 31.6 Å². The number of amides is 1. The van der Waals surface area contributed by atoms with Gasteiger partial charge >= 0.3 is 0 Å². The van der Waals surface area contributed by atoms with E-state index in [-0.39, 0.29) is 5.91 Å². The molecule has 1 aromatic rings. The zero-order valence-electron chi connectivity index (χ0n) is 11.0. The standard InChI is InChI=1S/C15H20N2O2/c18-15-6-5-12(10-17-15)16-9-11-7-8-19-14-4-2-1-3-13(11)14/h1-4,11-12,16H,5-10H2,(H,17,18). The van der Waals surface area contributed by atoms with Crippen molar-refractivity contribution in [2.24, 2.45) is 0 Å². The molecule has 102 valence electrons. The molecule has 0 aromatic heterocycles. The number of rotatable bonds is 3. The Kier molecular flexibility index (Phi) is 3.69. The first-order chi connectivity index (χ1) is 9.33. The SMILES string of the molecule is O=C1CCC(NCC2CCOc3ccccc32)CN1. The maximum Gasteiger partial charge on any atom is 0.220 e. The fourth-order valence-corrected chi connectivity index (χ4v) is 2.84. The minimum absolute atomic E-state index is 0.175. The summed E-state index contributed by atoms with van der Waals surface area (Å²) in [7, 11) is 0. The number of piperidine rings is 1. The fraction of sp³-hybridized carbons (Fsp3) is 0.533. The van der Waals surface area contributed by atoms with Gasteiger partial charge in [0.2, 0.25) is 5.91 Å². The van der Waals surface area contributed by atoms with E-state index in [1.165, 1.54) is 5.56 Å². The summed E-state index contributed by atoms with van der Waals surface area (Å²) in [6, 6.07) is 8.70. The Morgan fingerprint density at radius 2 is 2.21 bits per heavy atom. The Hall–Kier alpha value is -1.55. The van der Waals surface area contributed by atoms with E-state index in [9.17, 15) is 4.79 Å². The van der Waals surface area contributed by atoms with E-state index < -0.39 is 0 Å². The lowest BCUT2D eigenvalue weighted by Gasteiger charge is -2.29. The molecule has 4 nitrogen and oxygen atoms in total. The second-order valence-corrected chi connectivity index (χ2v) is 5.32. The van der Waals surface area contributed by atoms with Crippen LogP contribution in [0.1, 0.15) is 30.7 Å². The van der Waals surface area contributed by atoms with Gasteiger partial charge in [0, 0.05) is 31.5 Å². The van der Waals surface area contributed by atoms with Crippen molar-refractivity contribution in [3.8, 4) is 5.75 Å². The molecule has 2 heterocycles. The maximum absolute atomic E-state index is 11.1. The predicted octanol–water partition coefficient (Wildman–Crippen LogP) is 1.42. The number of ether oxygens (including phenoxy) is 1. The minimum Gasteiger partial charge on any atom is -0.493 e. The summed E-state index contributed by atoms with van der Waals surface area (Å²) in [5.41, 5.74) is 1.31. The van der Waals surface area contributed by atoms with Crippen LogP contribution in [-0.2, 0) is 4.79 Å². The van der Waals surface area contributed by atoms with Gasteiger partial charge in [-0.15, -0.1) is 0 Å². The molecular weight excluding hydrogens is 240 g/mol. The van der Waals surface area contributed by atoms with Crippen LogP contribution in [0, 0.1) is 0 Å². The van der Waals surface area contributed by atoms with Crippen molar-refractivity contribution in [1.82, 2.24) is 10.6 Å². The van der Waals surface area contributed by atoms with Gasteiger partial charge in [-0.3, -0.25) is 4.79 Å². The van der Waals surface area contributed by atoms with Crippen LogP contribution < -0.4 is 15.4 Å². The minimum atomic E-state index is 0.175. The van der Waals surface area contributed by atoms with Crippen LogP contribution in [0.4, 0.5) is 0 Å². The highest BCUT2D eigenvalue weighted by atomic mass is 16.5. The van der Waals surface area contributed by atoms with Gasteiger partial charge in [-0.05, 0) is 24.5 Å². The maximum atomic E-state index is 11.1. The first kappa shape index (κ1) is 12.5. The molecule has 1 aromatic carbocycles. The van der Waals surface area contributed by atoms with E-state index in [1.807, 2.05) is 12.1 Å². The van der Waals surface area contributed by atoms with Crippen LogP contribution in [0.3, 0.4) is 0 Å². The van der Waals surface area contributed by atoms with Gasteiger partial charge < -0.3 is 15.4 Å². The Bertz CT molecular complexity index is 451. The van der Waals surface area contributed by atoms with E-state index in [2.05, 4.69) is 22.8 Å². The monoisotopic (exact) mass is 260 g/mol. The molecule has 4 heteroatoms. The van der Waals surface area contributed by atoms with Crippen LogP contribution in [0.15, 0.2) is 24.3 Å². The molecule has 2 atom stereocenters. The Balaban J connectivity index is 1.58. The summed E-state index contributed by atoms with van der Waals surface area (Å²) in [6.07, 6.45) is 2.64. The molecule has 0 bridgehead atoms. The van der Waals surface area contributed by atoms with Crippen LogP contribution >= 0.6 is 0 Å². The molecule has 1 saturated heterocycles. The molecule has 2 unspecified atom stereocenters. The van der Waals surface area contributed by atoms with Gasteiger partial charge in [0.1, 0.15) is 5.75 Å². The van der Waals surface area contributed by atoms with Crippen LogP contribution in [0.25, 0.3) is 0 Å². The lowest BCUT2D eigenvalue weighted by molar-refractivity contribution is -0.122. The molecule has 0 spiro atoms. The van der Waals surface area contributed by atoms with Crippen molar-refractivity contribution in [3.63, 3.8) is 0 Å². The Labute approximate surface area is 113 Å². The van der Waals surface area contributed by atoms with Gasteiger partial charge in [-0.25, -0.2) is 0 Å². The average Bonchev–Trinajstić information content (AvgIpc) is 2.47. The van der Waals surface area contributed by atoms with Gasteiger partial charge in [-0.2, -0.15) is 0 Å². The third kappa shape index (κ3) is 2.89. The van der Waals surface area contributed by atoms with Crippen molar-refractivity contribution < 1.29 is 9.53 Å². The number of hydrogen-bond donors (Lipinski definition) is 2. The van der Waals surface area contributed by atoms with Gasteiger partial charge in [0.05, 0.1) is 6.61 Å². The topological polar surface area (TPSA) is 50.4 Å². The smallest absolute Gasteiger partial charge is 0.220 e. The number of carbonyl (C=O) groups excluding carboxylic acids is 1. The fourth-order valence-electron chi connectivity index (χ4n) is 2.84. The van der Waals surface area contributed by atoms with Gasteiger partial charge in [0.25, 0.3) is 0 Å². The van der Waals surface area contributed by atoms with Gasteiger partial charge in [-0.1, -0.05) is 18.2 Å². The highest BCUT2D eigenvalue weighted by Crippen LogP contribution is 2.32. The highest BCUT2D eigenvalue weighted by Gasteiger charge is 2.23. The van der Waals surface area contributed by atoms with Crippen molar-refractivity contribution in [3.05, 3.63) is 29.8 Å². The van der Waals surface area contributed by atoms with E-state index in [1.54, 1.807) is 0 Å². The number of hydrogen-bond acceptors (Lipinski definition) is 3. The molecule has 2 aliphatic rings. The van der Waals surface area contributed by atoms with Crippen molar-refractivity contribution in [2.45, 2.75) is 31.2 Å². The normalized spacial score (nSPS) is 26.2. The summed E-state index contributed by atoms with van der Waals surface area (Å²) >= 11 is 0. The van der Waals surface area contributed by atoms with E-state index in [4.69, 9.17) is 4.74 Å². The Morgan fingerprint density at radius 1 is 1.32 bits per heavy atom. The zero-order valence-corrected chi connectivity index (χ0v) is 11.0. The zero-order chi connectivity index (χ0) is 13.1. The number of fused-ring (bicyclic) bond motifs is 1. The lowest BCUT2D eigenvalue weighted by Crippen LogP contribution is -2.46. The number of para-hydroxylation sites is 1. The Morgan fingerprint density at radius 3 is 3.05 bits per heavy atom. The van der Waals surface area contributed by atoms with E-state index in [0.717, 1.165) is 38.3 Å². The summed E-state index contributed by atoms with van der Waals surface area (Å²) in [4.78, 5) is 11.1. The first-order valence-corrected chi connectivity index (χ1v) is 7.05. The number of carbonyl (C=O) groups is 1. The molecule has 0 saturated carbocycles. The third-order valence-corrected chi connectivity index (χ3v) is 4.00. The predicted molar refractivity (Wildman–Crippen MR) is 73.3 cm³/mol. The molecular formula is C15H20N2O2. The molecule has 3 rings (SSSR count). The molecule has 2 N–H and O–H groups in total. The van der Waals surface area contributed by atoms with Gasteiger partial charge in [0.15, 0.2) is 0 Å². The summed E-state index contributed by atoms with van der Waals surface area (Å²) in [6.45, 7) is 2.51. The largest absolute Gasteiger partial charge is 0.493 e. The second-order valence-electron chi connectivity index (χ2n) is 5.32. The first-order valence-electron chi connectivity index (χ1n) is 7.05. The van der Waals surface area contributed by atoms with Crippen molar-refractivity contribution >= 4 is 5.91 Å². The highest BCUT2D eigenvalue weighted by molar-refractivity contribution is 5.76. The third-order valence-electron chi connectivity index (χ3n) is 4.00. The van der Waals surface area contributed by atoms with Crippen molar-refractivity contribution in [1.29, 1.82) is 0 Å². The number of benzene rings is 1. The molecule has 1 fully saturated rings. The quantitative estimate of drug-likeness (QED) is 0.864.